The van der Waals surface area contributed by atoms with Crippen LogP contribution in [0.5, 0.6) is 0 Å². The average molecular weight is 206 g/mol. The summed E-state index contributed by atoms with van der Waals surface area (Å²) in [7, 11) is 0. The summed E-state index contributed by atoms with van der Waals surface area (Å²) in [5, 5.41) is 9.02. The smallest absolute Gasteiger partial charge is 0.306 e. The van der Waals surface area contributed by atoms with E-state index in [1.165, 1.54) is 5.56 Å². The highest BCUT2D eigenvalue weighted by atomic mass is 16.4. The molecule has 1 unspecified atom stereocenters. The molecule has 0 spiro atoms. The quantitative estimate of drug-likeness (QED) is 0.804. The van der Waals surface area contributed by atoms with E-state index < -0.39 is 5.97 Å². The van der Waals surface area contributed by atoms with Crippen LogP contribution in [0.25, 0.3) is 0 Å². The van der Waals surface area contributed by atoms with Crippen LogP contribution in [-0.2, 0) is 11.2 Å². The minimum atomic E-state index is -0.683. The van der Waals surface area contributed by atoms with Gasteiger partial charge in [0, 0.05) is 0 Å². The van der Waals surface area contributed by atoms with Crippen LogP contribution in [0.4, 0.5) is 0 Å². The highest BCUT2D eigenvalue weighted by Crippen LogP contribution is 2.15. The van der Waals surface area contributed by atoms with E-state index in [0.717, 1.165) is 18.4 Å². The van der Waals surface area contributed by atoms with Gasteiger partial charge in [0.15, 0.2) is 0 Å². The summed E-state index contributed by atoms with van der Waals surface area (Å²) in [5.41, 5.74) is 2.32. The first-order valence-corrected chi connectivity index (χ1v) is 5.41. The van der Waals surface area contributed by atoms with Gasteiger partial charge in [0.05, 0.1) is 5.92 Å². The second kappa shape index (κ2) is 5.54. The van der Waals surface area contributed by atoms with Crippen molar-refractivity contribution in [2.24, 2.45) is 5.92 Å². The normalized spacial score (nSPS) is 12.4. The lowest BCUT2D eigenvalue weighted by Crippen LogP contribution is -2.16. The van der Waals surface area contributed by atoms with E-state index in [1.807, 2.05) is 38.1 Å². The molecule has 1 atom stereocenters. The Bertz CT molecular complexity index is 314. The van der Waals surface area contributed by atoms with Crippen LogP contribution in [0.1, 0.15) is 30.9 Å². The van der Waals surface area contributed by atoms with E-state index in [2.05, 4.69) is 0 Å². The number of carboxylic acids is 1. The maximum atomic E-state index is 11.0. The van der Waals surface area contributed by atoms with Gasteiger partial charge < -0.3 is 5.11 Å². The Hall–Kier alpha value is -1.31. The van der Waals surface area contributed by atoms with Crippen LogP contribution in [0, 0.1) is 12.8 Å². The molecule has 0 aliphatic carbocycles. The predicted octanol–water partition coefficient (Wildman–Crippen LogP) is 3.04. The molecule has 2 nitrogen and oxygen atoms in total. The molecule has 0 radical (unpaired) electrons. The molecule has 0 amide bonds. The zero-order chi connectivity index (χ0) is 11.3. The first kappa shape index (κ1) is 11.8. The van der Waals surface area contributed by atoms with E-state index in [0.29, 0.717) is 6.42 Å². The number of carbonyl (C=O) groups is 1. The van der Waals surface area contributed by atoms with Crippen molar-refractivity contribution < 1.29 is 9.90 Å². The van der Waals surface area contributed by atoms with Crippen LogP contribution in [-0.4, -0.2) is 11.1 Å². The fraction of sp³-hybridized carbons (Fsp3) is 0.462. The highest BCUT2D eigenvalue weighted by Gasteiger charge is 2.16. The maximum Gasteiger partial charge on any atom is 0.306 e. The fourth-order valence-electron chi connectivity index (χ4n) is 1.67. The van der Waals surface area contributed by atoms with E-state index in [1.54, 1.807) is 0 Å². The van der Waals surface area contributed by atoms with Gasteiger partial charge in [-0.05, 0) is 25.3 Å². The van der Waals surface area contributed by atoms with Crippen LogP contribution < -0.4 is 0 Å². The van der Waals surface area contributed by atoms with Crippen molar-refractivity contribution in [3.8, 4) is 0 Å². The molecule has 0 heterocycles. The van der Waals surface area contributed by atoms with Crippen molar-refractivity contribution in [2.75, 3.05) is 0 Å². The van der Waals surface area contributed by atoms with Gasteiger partial charge in [-0.2, -0.15) is 0 Å². The van der Waals surface area contributed by atoms with Gasteiger partial charge in [-0.15, -0.1) is 0 Å². The minimum Gasteiger partial charge on any atom is -0.481 e. The van der Waals surface area contributed by atoms with Crippen LogP contribution >= 0.6 is 0 Å². The van der Waals surface area contributed by atoms with Gasteiger partial charge in [0.25, 0.3) is 0 Å². The summed E-state index contributed by atoms with van der Waals surface area (Å²) in [5.74, 6) is -0.921. The summed E-state index contributed by atoms with van der Waals surface area (Å²) in [6.07, 6.45) is 2.31. The van der Waals surface area contributed by atoms with Crippen molar-refractivity contribution in [1.82, 2.24) is 0 Å². The summed E-state index contributed by atoms with van der Waals surface area (Å²) in [6.45, 7) is 4.05. The maximum absolute atomic E-state index is 11.0. The Kier molecular flexibility index (Phi) is 4.35. The molecule has 0 fully saturated rings. The van der Waals surface area contributed by atoms with Gasteiger partial charge in [0.2, 0.25) is 0 Å². The Morgan fingerprint density at radius 1 is 1.33 bits per heavy atom. The number of rotatable bonds is 5. The molecule has 1 aromatic carbocycles. The van der Waals surface area contributed by atoms with Crippen molar-refractivity contribution in [3.63, 3.8) is 0 Å². The first-order valence-electron chi connectivity index (χ1n) is 5.41. The van der Waals surface area contributed by atoms with Crippen LogP contribution in [0.15, 0.2) is 24.3 Å². The Labute approximate surface area is 90.9 Å². The molecule has 0 bridgehead atoms. The van der Waals surface area contributed by atoms with Gasteiger partial charge in [0.1, 0.15) is 0 Å². The largest absolute Gasteiger partial charge is 0.481 e. The number of aryl methyl sites for hydroxylation is 1. The summed E-state index contributed by atoms with van der Waals surface area (Å²) >= 11 is 0. The number of hydrogen-bond acceptors (Lipinski definition) is 1. The lowest BCUT2D eigenvalue weighted by Gasteiger charge is -2.10. The molecule has 2 heteroatoms. The van der Waals surface area contributed by atoms with Crippen molar-refractivity contribution in [1.29, 1.82) is 0 Å². The molecule has 0 saturated carbocycles. The van der Waals surface area contributed by atoms with Gasteiger partial charge >= 0.3 is 5.97 Å². The number of hydrogen-bond donors (Lipinski definition) is 1. The predicted molar refractivity (Wildman–Crippen MR) is 60.9 cm³/mol. The average Bonchev–Trinajstić information content (AvgIpc) is 2.20. The summed E-state index contributed by atoms with van der Waals surface area (Å²) in [4.78, 5) is 11.0. The molecule has 0 aliphatic rings. The monoisotopic (exact) mass is 206 g/mol. The van der Waals surface area contributed by atoms with Crippen molar-refractivity contribution in [2.45, 2.75) is 33.1 Å². The third-order valence-electron chi connectivity index (χ3n) is 2.59. The molecule has 1 rings (SSSR count). The zero-order valence-corrected chi connectivity index (χ0v) is 9.36. The second-order valence-electron chi connectivity index (χ2n) is 4.01. The lowest BCUT2D eigenvalue weighted by atomic mass is 9.95. The Balaban J connectivity index is 2.65. The van der Waals surface area contributed by atoms with E-state index in [4.69, 9.17) is 5.11 Å². The van der Waals surface area contributed by atoms with Crippen LogP contribution in [0.2, 0.25) is 0 Å². The molecule has 0 aromatic heterocycles. The Morgan fingerprint density at radius 3 is 2.40 bits per heavy atom. The zero-order valence-electron chi connectivity index (χ0n) is 9.36. The second-order valence-corrected chi connectivity index (χ2v) is 4.01. The van der Waals surface area contributed by atoms with E-state index in [-0.39, 0.29) is 5.92 Å². The van der Waals surface area contributed by atoms with E-state index >= 15 is 0 Å². The number of benzene rings is 1. The van der Waals surface area contributed by atoms with E-state index in [9.17, 15) is 4.79 Å². The third-order valence-corrected chi connectivity index (χ3v) is 2.59. The van der Waals surface area contributed by atoms with Crippen LogP contribution in [0.3, 0.4) is 0 Å². The molecule has 1 aromatic rings. The minimum absolute atomic E-state index is 0.238. The fourth-order valence-corrected chi connectivity index (χ4v) is 1.67. The van der Waals surface area contributed by atoms with Gasteiger partial charge in [-0.3, -0.25) is 4.79 Å². The Morgan fingerprint density at radius 2 is 1.93 bits per heavy atom. The lowest BCUT2D eigenvalue weighted by molar-refractivity contribution is -0.141. The third kappa shape index (κ3) is 3.74. The van der Waals surface area contributed by atoms with Crippen molar-refractivity contribution >= 4 is 5.97 Å². The molecular formula is C13H18O2. The topological polar surface area (TPSA) is 37.3 Å². The standard InChI is InChI=1S/C13H18O2/c1-3-4-12(13(14)15)9-11-7-5-10(2)6-8-11/h5-8,12H,3-4,9H2,1-2H3,(H,14,15). The van der Waals surface area contributed by atoms with Crippen molar-refractivity contribution in [3.05, 3.63) is 35.4 Å². The highest BCUT2D eigenvalue weighted by molar-refractivity contribution is 5.70. The summed E-state index contributed by atoms with van der Waals surface area (Å²) < 4.78 is 0. The molecule has 82 valence electrons. The molecule has 0 saturated heterocycles. The van der Waals surface area contributed by atoms with Gasteiger partial charge in [-0.25, -0.2) is 0 Å². The number of carboxylic acid groups (broad SMARTS) is 1. The molecule has 15 heavy (non-hydrogen) atoms. The van der Waals surface area contributed by atoms with Gasteiger partial charge in [-0.1, -0.05) is 43.2 Å². The molecule has 0 aliphatic heterocycles. The molecule has 1 N–H and O–H groups in total. The summed E-state index contributed by atoms with van der Waals surface area (Å²) in [6, 6.07) is 8.09. The SMILES string of the molecule is CCCC(Cc1ccc(C)cc1)C(=O)O. The molecular weight excluding hydrogens is 188 g/mol. The first-order chi connectivity index (χ1) is 7.13. The number of aliphatic carboxylic acids is 1.